The minimum Gasteiger partial charge on any atom is -0.476 e. The number of rotatable bonds is 4. The summed E-state index contributed by atoms with van der Waals surface area (Å²) in [6.45, 7) is 5.06. The molecule has 2 rings (SSSR count). The molecule has 0 saturated heterocycles. The van der Waals surface area contributed by atoms with Crippen molar-refractivity contribution in [3.63, 3.8) is 0 Å². The van der Waals surface area contributed by atoms with Crippen molar-refractivity contribution in [1.82, 2.24) is 10.5 Å². The van der Waals surface area contributed by atoms with Gasteiger partial charge in [-0.2, -0.15) is 0 Å². The molecule has 0 bridgehead atoms. The Morgan fingerprint density at radius 3 is 2.88 bits per heavy atom. The highest BCUT2D eigenvalue weighted by Crippen LogP contribution is 2.31. The van der Waals surface area contributed by atoms with E-state index in [1.165, 1.54) is 18.9 Å². The average Bonchev–Trinajstić information content (AvgIpc) is 2.86. The molecule has 3 unspecified atom stereocenters. The molecule has 0 amide bonds. The molecule has 0 aliphatic heterocycles. The Kier molecular flexibility index (Phi) is 3.47. The minimum atomic E-state index is -1.05. The zero-order valence-corrected chi connectivity index (χ0v) is 10.1. The third kappa shape index (κ3) is 2.66. The van der Waals surface area contributed by atoms with Crippen LogP contribution in [-0.4, -0.2) is 22.3 Å². The molecule has 3 atom stereocenters. The summed E-state index contributed by atoms with van der Waals surface area (Å²) in [5, 5.41) is 15.6. The summed E-state index contributed by atoms with van der Waals surface area (Å²) in [4.78, 5) is 10.6. The molecule has 17 heavy (non-hydrogen) atoms. The smallest absolute Gasteiger partial charge is 0.358 e. The molecule has 1 aromatic heterocycles. The zero-order chi connectivity index (χ0) is 12.4. The molecular formula is C12H18N2O3. The van der Waals surface area contributed by atoms with Crippen LogP contribution in [-0.2, 0) is 6.54 Å². The van der Waals surface area contributed by atoms with Crippen molar-refractivity contribution in [3.8, 4) is 0 Å². The van der Waals surface area contributed by atoms with Gasteiger partial charge in [0, 0.05) is 12.1 Å². The van der Waals surface area contributed by atoms with Gasteiger partial charge >= 0.3 is 5.97 Å². The van der Waals surface area contributed by atoms with Crippen molar-refractivity contribution in [1.29, 1.82) is 0 Å². The number of carboxylic acid groups (broad SMARTS) is 1. The van der Waals surface area contributed by atoms with Gasteiger partial charge in [0.15, 0.2) is 11.5 Å². The van der Waals surface area contributed by atoms with Crippen molar-refractivity contribution in [2.75, 3.05) is 0 Å². The SMILES string of the molecule is CC1CCC(NCc2cc(C(=O)O)no2)C1C. The number of aromatic nitrogens is 1. The van der Waals surface area contributed by atoms with Crippen LogP contribution in [0.25, 0.3) is 0 Å². The van der Waals surface area contributed by atoms with Gasteiger partial charge in [0.1, 0.15) is 0 Å². The fraction of sp³-hybridized carbons (Fsp3) is 0.667. The summed E-state index contributed by atoms with van der Waals surface area (Å²) in [5.74, 6) is 0.922. The van der Waals surface area contributed by atoms with Gasteiger partial charge in [-0.15, -0.1) is 0 Å². The van der Waals surface area contributed by atoms with Crippen molar-refractivity contribution < 1.29 is 14.4 Å². The third-order valence-corrected chi connectivity index (χ3v) is 3.78. The van der Waals surface area contributed by atoms with Crippen LogP contribution in [0.2, 0.25) is 0 Å². The largest absolute Gasteiger partial charge is 0.476 e. The van der Waals surface area contributed by atoms with E-state index in [4.69, 9.17) is 9.63 Å². The highest BCUT2D eigenvalue weighted by Gasteiger charge is 2.29. The molecule has 1 fully saturated rings. The number of hydrogen-bond donors (Lipinski definition) is 2. The lowest BCUT2D eigenvalue weighted by Gasteiger charge is -2.18. The van der Waals surface area contributed by atoms with Crippen LogP contribution in [0, 0.1) is 11.8 Å². The van der Waals surface area contributed by atoms with Crippen LogP contribution < -0.4 is 5.32 Å². The van der Waals surface area contributed by atoms with Crippen molar-refractivity contribution in [2.45, 2.75) is 39.3 Å². The summed E-state index contributed by atoms with van der Waals surface area (Å²) >= 11 is 0. The Morgan fingerprint density at radius 1 is 1.59 bits per heavy atom. The molecule has 1 heterocycles. The lowest BCUT2D eigenvalue weighted by Crippen LogP contribution is -2.31. The summed E-state index contributed by atoms with van der Waals surface area (Å²) in [7, 11) is 0. The number of nitrogens with one attached hydrogen (secondary N) is 1. The highest BCUT2D eigenvalue weighted by molar-refractivity contribution is 5.85. The third-order valence-electron chi connectivity index (χ3n) is 3.78. The van der Waals surface area contributed by atoms with Gasteiger partial charge in [0.25, 0.3) is 0 Å². The van der Waals surface area contributed by atoms with Crippen LogP contribution in [0.5, 0.6) is 0 Å². The first-order valence-corrected chi connectivity index (χ1v) is 6.00. The second-order valence-electron chi connectivity index (χ2n) is 4.88. The molecule has 5 nitrogen and oxygen atoms in total. The highest BCUT2D eigenvalue weighted by atomic mass is 16.5. The van der Waals surface area contributed by atoms with E-state index < -0.39 is 5.97 Å². The van der Waals surface area contributed by atoms with Crippen LogP contribution in [0.15, 0.2) is 10.6 Å². The molecule has 1 saturated carbocycles. The summed E-state index contributed by atoms with van der Waals surface area (Å²) in [6, 6.07) is 1.96. The minimum absolute atomic E-state index is 0.0327. The Hall–Kier alpha value is -1.36. The molecule has 2 N–H and O–H groups in total. The van der Waals surface area contributed by atoms with E-state index in [9.17, 15) is 4.79 Å². The van der Waals surface area contributed by atoms with Crippen LogP contribution >= 0.6 is 0 Å². The van der Waals surface area contributed by atoms with Crippen molar-refractivity contribution in [3.05, 3.63) is 17.5 Å². The summed E-state index contributed by atoms with van der Waals surface area (Å²) in [5.41, 5.74) is -0.0327. The van der Waals surface area contributed by atoms with Gasteiger partial charge in [-0.3, -0.25) is 0 Å². The number of aromatic carboxylic acids is 1. The second-order valence-corrected chi connectivity index (χ2v) is 4.88. The molecular weight excluding hydrogens is 220 g/mol. The van der Waals surface area contributed by atoms with Crippen molar-refractivity contribution in [2.24, 2.45) is 11.8 Å². The number of carbonyl (C=O) groups is 1. The van der Waals surface area contributed by atoms with E-state index in [0.717, 1.165) is 5.92 Å². The maximum Gasteiger partial charge on any atom is 0.358 e. The Labute approximate surface area is 100 Å². The maximum absolute atomic E-state index is 10.6. The van der Waals surface area contributed by atoms with E-state index >= 15 is 0 Å². The van der Waals surface area contributed by atoms with Gasteiger partial charge in [-0.25, -0.2) is 4.79 Å². The summed E-state index contributed by atoms with van der Waals surface area (Å²) in [6.07, 6.45) is 2.41. The first kappa shape index (κ1) is 12.1. The van der Waals surface area contributed by atoms with E-state index in [2.05, 4.69) is 24.3 Å². The summed E-state index contributed by atoms with van der Waals surface area (Å²) < 4.78 is 4.95. The average molecular weight is 238 g/mol. The van der Waals surface area contributed by atoms with Crippen LogP contribution in [0.1, 0.15) is 42.9 Å². The van der Waals surface area contributed by atoms with E-state index in [0.29, 0.717) is 24.3 Å². The lowest BCUT2D eigenvalue weighted by molar-refractivity contribution is 0.0685. The zero-order valence-electron chi connectivity index (χ0n) is 10.1. The second kappa shape index (κ2) is 4.87. The molecule has 5 heteroatoms. The Morgan fingerprint density at radius 2 is 2.35 bits per heavy atom. The van der Waals surface area contributed by atoms with Gasteiger partial charge in [0.2, 0.25) is 0 Å². The fourth-order valence-corrected chi connectivity index (χ4v) is 2.38. The monoisotopic (exact) mass is 238 g/mol. The molecule has 0 aromatic carbocycles. The van der Waals surface area contributed by atoms with Crippen molar-refractivity contribution >= 4 is 5.97 Å². The van der Waals surface area contributed by atoms with Gasteiger partial charge in [-0.05, 0) is 24.7 Å². The number of nitrogens with zero attached hydrogens (tertiary/aromatic N) is 1. The normalized spacial score (nSPS) is 28.5. The van der Waals surface area contributed by atoms with E-state index in [1.807, 2.05) is 0 Å². The molecule has 1 aliphatic carbocycles. The first-order chi connectivity index (χ1) is 8.08. The lowest BCUT2D eigenvalue weighted by atomic mass is 9.98. The number of hydrogen-bond acceptors (Lipinski definition) is 4. The quantitative estimate of drug-likeness (QED) is 0.837. The van der Waals surface area contributed by atoms with Gasteiger partial charge < -0.3 is 14.9 Å². The number of carboxylic acids is 1. The Balaban J connectivity index is 1.87. The Bertz CT molecular complexity index is 402. The topological polar surface area (TPSA) is 75.4 Å². The standard InChI is InChI=1S/C12H18N2O3/c1-7-3-4-10(8(7)2)13-6-9-5-11(12(15)16)14-17-9/h5,7-8,10,13H,3-4,6H2,1-2H3,(H,15,16). The molecule has 1 aliphatic rings. The molecule has 0 spiro atoms. The predicted molar refractivity (Wildman–Crippen MR) is 61.7 cm³/mol. The first-order valence-electron chi connectivity index (χ1n) is 6.00. The van der Waals surface area contributed by atoms with Gasteiger partial charge in [-0.1, -0.05) is 19.0 Å². The predicted octanol–water partition coefficient (Wildman–Crippen LogP) is 1.90. The molecule has 0 radical (unpaired) electrons. The van der Waals surface area contributed by atoms with E-state index in [1.54, 1.807) is 0 Å². The molecule has 1 aromatic rings. The van der Waals surface area contributed by atoms with Crippen LogP contribution in [0.4, 0.5) is 0 Å². The fourth-order valence-electron chi connectivity index (χ4n) is 2.38. The van der Waals surface area contributed by atoms with E-state index in [-0.39, 0.29) is 5.69 Å². The van der Waals surface area contributed by atoms with Crippen LogP contribution in [0.3, 0.4) is 0 Å². The van der Waals surface area contributed by atoms with Gasteiger partial charge in [0.05, 0.1) is 6.54 Å². The maximum atomic E-state index is 10.6. The molecule has 94 valence electrons.